The summed E-state index contributed by atoms with van der Waals surface area (Å²) < 4.78 is 11.5. The Morgan fingerprint density at radius 1 is 1.17 bits per heavy atom. The molecule has 1 aliphatic heterocycles. The standard InChI is InChI=1S/C24H37NO4/c1-18(2)12-21(13-19(3)4)10-11-22-14-24(16-25-27,29-23(22)26)17-28-15-20-8-6-5-7-9-20/h5-9,11,18-19,21,25,27H,10,12-17H2,1-4H3/b22-11+/t24-/m0/s1. The van der Waals surface area contributed by atoms with E-state index >= 15 is 0 Å². The van der Waals surface area contributed by atoms with E-state index in [0.29, 0.717) is 36.4 Å². The van der Waals surface area contributed by atoms with Crippen molar-refractivity contribution < 1.29 is 19.5 Å². The van der Waals surface area contributed by atoms with Crippen LogP contribution in [0.5, 0.6) is 0 Å². The summed E-state index contributed by atoms with van der Waals surface area (Å²) in [5.74, 6) is 1.54. The van der Waals surface area contributed by atoms with Gasteiger partial charge < -0.3 is 14.7 Å². The predicted molar refractivity (Wildman–Crippen MR) is 114 cm³/mol. The average Bonchev–Trinajstić information content (AvgIpc) is 2.95. The smallest absolute Gasteiger partial charge is 0.334 e. The topological polar surface area (TPSA) is 67.8 Å². The minimum Gasteiger partial charge on any atom is -0.451 e. The van der Waals surface area contributed by atoms with Crippen molar-refractivity contribution in [3.63, 3.8) is 0 Å². The maximum Gasteiger partial charge on any atom is 0.334 e. The Morgan fingerprint density at radius 2 is 1.83 bits per heavy atom. The van der Waals surface area contributed by atoms with Crippen LogP contribution < -0.4 is 5.48 Å². The molecule has 162 valence electrons. The van der Waals surface area contributed by atoms with Gasteiger partial charge in [0.1, 0.15) is 0 Å². The van der Waals surface area contributed by atoms with E-state index in [1.54, 1.807) is 0 Å². The summed E-state index contributed by atoms with van der Waals surface area (Å²) in [7, 11) is 0. The van der Waals surface area contributed by atoms with Gasteiger partial charge in [0.05, 0.1) is 19.8 Å². The Bertz CT molecular complexity index is 646. The zero-order valence-electron chi connectivity index (χ0n) is 18.3. The van der Waals surface area contributed by atoms with Gasteiger partial charge in [-0.05, 0) is 42.6 Å². The fourth-order valence-electron chi connectivity index (χ4n) is 4.11. The molecule has 0 unspecified atom stereocenters. The number of hydroxylamine groups is 1. The molecule has 1 aromatic rings. The number of hydrogen-bond donors (Lipinski definition) is 2. The van der Waals surface area contributed by atoms with E-state index in [4.69, 9.17) is 9.47 Å². The van der Waals surface area contributed by atoms with E-state index in [-0.39, 0.29) is 19.1 Å². The van der Waals surface area contributed by atoms with Crippen LogP contribution >= 0.6 is 0 Å². The summed E-state index contributed by atoms with van der Waals surface area (Å²) in [6.07, 6.45) is 5.69. The van der Waals surface area contributed by atoms with Gasteiger partial charge >= 0.3 is 5.97 Å². The third kappa shape index (κ3) is 7.92. The molecule has 1 fully saturated rings. The van der Waals surface area contributed by atoms with Gasteiger partial charge in [-0.15, -0.1) is 0 Å². The van der Waals surface area contributed by atoms with Crippen molar-refractivity contribution in [2.45, 2.75) is 65.6 Å². The minimum atomic E-state index is -0.863. The maximum atomic E-state index is 12.5. The highest BCUT2D eigenvalue weighted by atomic mass is 16.6. The Hall–Kier alpha value is -1.69. The highest BCUT2D eigenvalue weighted by molar-refractivity contribution is 5.91. The first-order valence-corrected chi connectivity index (χ1v) is 10.7. The van der Waals surface area contributed by atoms with E-state index < -0.39 is 5.60 Å². The van der Waals surface area contributed by atoms with Gasteiger partial charge in [0.15, 0.2) is 5.60 Å². The third-order valence-electron chi connectivity index (χ3n) is 5.27. The number of hydrogen-bond acceptors (Lipinski definition) is 5. The summed E-state index contributed by atoms with van der Waals surface area (Å²) >= 11 is 0. The molecule has 0 aromatic heterocycles. The van der Waals surface area contributed by atoms with Crippen molar-refractivity contribution in [3.05, 3.63) is 47.5 Å². The molecule has 0 spiro atoms. The number of allylic oxidation sites excluding steroid dienone is 1. The second-order valence-electron chi connectivity index (χ2n) is 9.15. The second kappa shape index (κ2) is 11.5. The predicted octanol–water partition coefficient (Wildman–Crippen LogP) is 4.89. The molecular formula is C24H37NO4. The van der Waals surface area contributed by atoms with Crippen molar-refractivity contribution in [1.82, 2.24) is 5.48 Å². The molecule has 5 heteroatoms. The van der Waals surface area contributed by atoms with Crippen molar-refractivity contribution in [2.75, 3.05) is 13.2 Å². The molecule has 2 rings (SSSR count). The molecule has 1 heterocycles. The van der Waals surface area contributed by atoms with Gasteiger partial charge in [0.25, 0.3) is 0 Å². The van der Waals surface area contributed by atoms with Gasteiger partial charge in [-0.3, -0.25) is 0 Å². The first kappa shape index (κ1) is 23.6. The van der Waals surface area contributed by atoms with E-state index in [0.717, 1.165) is 24.8 Å². The molecule has 0 saturated carbocycles. The molecule has 1 atom stereocenters. The first-order valence-electron chi connectivity index (χ1n) is 10.7. The highest BCUT2D eigenvalue weighted by Gasteiger charge is 2.43. The molecular weight excluding hydrogens is 366 g/mol. The van der Waals surface area contributed by atoms with Crippen LogP contribution in [-0.2, 0) is 20.9 Å². The molecule has 1 aliphatic rings. The lowest BCUT2D eigenvalue weighted by Crippen LogP contribution is -2.43. The van der Waals surface area contributed by atoms with Crippen LogP contribution in [0.25, 0.3) is 0 Å². The maximum absolute atomic E-state index is 12.5. The fourth-order valence-corrected chi connectivity index (χ4v) is 4.11. The van der Waals surface area contributed by atoms with Crippen molar-refractivity contribution in [2.24, 2.45) is 17.8 Å². The summed E-state index contributed by atoms with van der Waals surface area (Å²) in [6, 6.07) is 9.87. The average molecular weight is 404 g/mol. The SMILES string of the molecule is CC(C)CC(C/C=C1\C[C@](CNO)(COCc2ccccc2)OC1=O)CC(C)C. The Labute approximate surface area is 175 Å². The van der Waals surface area contributed by atoms with Gasteiger partial charge in [-0.1, -0.05) is 64.1 Å². The van der Waals surface area contributed by atoms with Gasteiger partial charge in [0, 0.05) is 12.0 Å². The number of ether oxygens (including phenoxy) is 2. The minimum absolute atomic E-state index is 0.145. The van der Waals surface area contributed by atoms with E-state index in [1.165, 1.54) is 0 Å². The Kier molecular flexibility index (Phi) is 9.34. The normalized spacial score (nSPS) is 21.0. The first-order chi connectivity index (χ1) is 13.8. The number of carbonyl (C=O) groups excluding carboxylic acids is 1. The molecule has 0 bridgehead atoms. The lowest BCUT2D eigenvalue weighted by atomic mass is 9.86. The van der Waals surface area contributed by atoms with Crippen molar-refractivity contribution in [3.8, 4) is 0 Å². The van der Waals surface area contributed by atoms with Crippen LogP contribution in [0.1, 0.15) is 58.9 Å². The summed E-state index contributed by atoms with van der Waals surface area (Å²) in [4.78, 5) is 12.5. The number of cyclic esters (lactones) is 1. The third-order valence-corrected chi connectivity index (χ3v) is 5.27. The quantitative estimate of drug-likeness (QED) is 0.295. The fraction of sp³-hybridized carbons (Fsp3) is 0.625. The van der Waals surface area contributed by atoms with Crippen molar-refractivity contribution in [1.29, 1.82) is 0 Å². The van der Waals surface area contributed by atoms with E-state index in [1.807, 2.05) is 36.4 Å². The van der Waals surface area contributed by atoms with Crippen LogP contribution in [0.3, 0.4) is 0 Å². The molecule has 2 N–H and O–H groups in total. The van der Waals surface area contributed by atoms with E-state index in [2.05, 4.69) is 33.2 Å². The molecule has 5 nitrogen and oxygen atoms in total. The highest BCUT2D eigenvalue weighted by Crippen LogP contribution is 2.33. The number of carbonyl (C=O) groups is 1. The molecule has 0 aliphatic carbocycles. The zero-order valence-corrected chi connectivity index (χ0v) is 18.3. The van der Waals surface area contributed by atoms with Crippen LogP contribution in [0.2, 0.25) is 0 Å². The zero-order chi connectivity index (χ0) is 21.3. The summed E-state index contributed by atoms with van der Waals surface area (Å²) in [6.45, 7) is 9.79. The van der Waals surface area contributed by atoms with Crippen LogP contribution in [0.4, 0.5) is 0 Å². The molecule has 29 heavy (non-hydrogen) atoms. The second-order valence-corrected chi connectivity index (χ2v) is 9.15. The number of nitrogens with one attached hydrogen (secondary N) is 1. The number of esters is 1. The van der Waals surface area contributed by atoms with Gasteiger partial charge in [0.2, 0.25) is 0 Å². The molecule has 0 radical (unpaired) electrons. The summed E-state index contributed by atoms with van der Waals surface area (Å²) in [5, 5.41) is 9.28. The Balaban J connectivity index is 1.99. The lowest BCUT2D eigenvalue weighted by molar-refractivity contribution is -0.154. The number of benzene rings is 1. The van der Waals surface area contributed by atoms with Gasteiger partial charge in [-0.2, -0.15) is 0 Å². The van der Waals surface area contributed by atoms with Crippen LogP contribution in [0, 0.1) is 17.8 Å². The van der Waals surface area contributed by atoms with Crippen LogP contribution in [0.15, 0.2) is 42.0 Å². The van der Waals surface area contributed by atoms with E-state index in [9.17, 15) is 10.0 Å². The monoisotopic (exact) mass is 403 g/mol. The van der Waals surface area contributed by atoms with Crippen LogP contribution in [-0.4, -0.2) is 29.9 Å². The molecule has 1 saturated heterocycles. The molecule has 0 amide bonds. The Morgan fingerprint density at radius 3 is 2.41 bits per heavy atom. The van der Waals surface area contributed by atoms with Gasteiger partial charge in [-0.25, -0.2) is 10.3 Å². The molecule has 1 aromatic carbocycles. The number of rotatable bonds is 12. The summed E-state index contributed by atoms with van der Waals surface area (Å²) in [5.41, 5.74) is 3.07. The lowest BCUT2D eigenvalue weighted by Gasteiger charge is -2.26. The largest absolute Gasteiger partial charge is 0.451 e. The van der Waals surface area contributed by atoms with Crippen molar-refractivity contribution >= 4 is 5.97 Å².